The van der Waals surface area contributed by atoms with Crippen molar-refractivity contribution >= 4 is 0 Å². The Kier molecular flexibility index (Phi) is 7.90. The summed E-state index contributed by atoms with van der Waals surface area (Å²) < 4.78 is 4.61. The molecule has 2 nitrogen and oxygen atoms in total. The van der Waals surface area contributed by atoms with Crippen LogP contribution in [-0.2, 0) is 25.9 Å². The number of benzene rings is 2. The average Bonchev–Trinajstić information content (AvgIpc) is 2.84. The van der Waals surface area contributed by atoms with Gasteiger partial charge in [0.25, 0.3) is 0 Å². The normalized spacial score (nSPS) is 11.1. The van der Waals surface area contributed by atoms with Gasteiger partial charge in [-0.2, -0.15) is 0 Å². The topological polar surface area (TPSA) is 7.76 Å². The summed E-state index contributed by atoms with van der Waals surface area (Å²) in [5.74, 6) is 0. The molecule has 2 heteroatoms. The highest BCUT2D eigenvalue weighted by Gasteiger charge is 2.06. The van der Waals surface area contributed by atoms with Gasteiger partial charge in [-0.1, -0.05) is 48.5 Å². The van der Waals surface area contributed by atoms with Crippen molar-refractivity contribution in [1.82, 2.24) is 0 Å². The number of rotatable bonds is 9. The van der Waals surface area contributed by atoms with Crippen LogP contribution >= 0.6 is 0 Å². The van der Waals surface area contributed by atoms with Crippen LogP contribution in [0.25, 0.3) is 11.1 Å². The lowest BCUT2D eigenvalue weighted by Gasteiger charge is -2.06. The molecule has 0 aliphatic rings. The SMILES string of the molecule is Cc1cc[n+](CCCc2ccc(-c3ccc(CCC[n+]4ccc(C)c(C)c4)cc3)cc2)cc1C. The fourth-order valence-corrected chi connectivity index (χ4v) is 4.40. The number of aromatic nitrogens is 2. The molecule has 0 spiro atoms. The minimum absolute atomic E-state index is 1.06. The molecule has 34 heavy (non-hydrogen) atoms. The molecule has 4 aromatic rings. The third-order valence-corrected chi connectivity index (χ3v) is 7.00. The zero-order valence-electron chi connectivity index (χ0n) is 21.2. The molecule has 0 unspecified atom stereocenters. The van der Waals surface area contributed by atoms with E-state index in [0.29, 0.717) is 0 Å². The highest BCUT2D eigenvalue weighted by molar-refractivity contribution is 5.64. The Morgan fingerprint density at radius 3 is 1.21 bits per heavy atom. The Balaban J connectivity index is 1.26. The van der Waals surface area contributed by atoms with E-state index in [1.54, 1.807) is 0 Å². The van der Waals surface area contributed by atoms with Gasteiger partial charge in [0.05, 0.1) is 0 Å². The number of nitrogens with zero attached hydrogens (tertiary/aromatic N) is 2. The smallest absolute Gasteiger partial charge is 0.171 e. The Morgan fingerprint density at radius 1 is 0.471 bits per heavy atom. The van der Waals surface area contributed by atoms with Crippen LogP contribution in [0.3, 0.4) is 0 Å². The zero-order valence-corrected chi connectivity index (χ0v) is 21.2. The Hall–Kier alpha value is -3.26. The van der Waals surface area contributed by atoms with Gasteiger partial charge >= 0.3 is 0 Å². The van der Waals surface area contributed by atoms with Crippen molar-refractivity contribution in [2.24, 2.45) is 0 Å². The summed E-state index contributed by atoms with van der Waals surface area (Å²) in [6.07, 6.45) is 13.4. The summed E-state index contributed by atoms with van der Waals surface area (Å²) in [5.41, 5.74) is 10.8. The van der Waals surface area contributed by atoms with E-state index < -0.39 is 0 Å². The zero-order chi connectivity index (χ0) is 23.9. The van der Waals surface area contributed by atoms with Gasteiger partial charge in [-0.3, -0.25) is 0 Å². The van der Waals surface area contributed by atoms with Crippen LogP contribution < -0.4 is 9.13 Å². The predicted molar refractivity (Wildman–Crippen MR) is 141 cm³/mol. The van der Waals surface area contributed by atoms with Crippen LogP contribution in [0, 0.1) is 27.7 Å². The van der Waals surface area contributed by atoms with E-state index in [0.717, 1.165) is 38.8 Å². The lowest BCUT2D eigenvalue weighted by molar-refractivity contribution is -0.697. The van der Waals surface area contributed by atoms with Gasteiger partial charge in [0.15, 0.2) is 24.8 Å². The van der Waals surface area contributed by atoms with Crippen molar-refractivity contribution in [3.8, 4) is 11.1 Å². The maximum atomic E-state index is 2.30. The van der Waals surface area contributed by atoms with Crippen molar-refractivity contribution in [2.45, 2.75) is 66.5 Å². The van der Waals surface area contributed by atoms with Crippen molar-refractivity contribution in [2.75, 3.05) is 0 Å². The Bertz CT molecular complexity index is 1120. The molecule has 174 valence electrons. The fourth-order valence-electron chi connectivity index (χ4n) is 4.40. The second-order valence-corrected chi connectivity index (χ2v) is 9.70. The Morgan fingerprint density at radius 2 is 0.853 bits per heavy atom. The van der Waals surface area contributed by atoms with Crippen molar-refractivity contribution < 1.29 is 9.13 Å². The maximum Gasteiger partial charge on any atom is 0.171 e. The summed E-state index contributed by atoms with van der Waals surface area (Å²) in [4.78, 5) is 0. The second kappa shape index (κ2) is 11.2. The highest BCUT2D eigenvalue weighted by Crippen LogP contribution is 2.21. The molecule has 0 aliphatic heterocycles. The largest absolute Gasteiger partial charge is 0.205 e. The van der Waals surface area contributed by atoms with Gasteiger partial charge in [0.1, 0.15) is 13.1 Å². The molecule has 4 rings (SSSR count). The van der Waals surface area contributed by atoms with E-state index in [4.69, 9.17) is 0 Å². The highest BCUT2D eigenvalue weighted by atomic mass is 14.9. The van der Waals surface area contributed by atoms with Crippen LogP contribution in [-0.4, -0.2) is 0 Å². The number of hydrogen-bond donors (Lipinski definition) is 0. The predicted octanol–water partition coefficient (Wildman–Crippen LogP) is 6.43. The standard InChI is InChI=1S/C32H38N2/c1-25-17-21-33(23-27(25)3)19-5-7-29-9-13-31(14-10-29)32-15-11-30(12-16-32)8-6-20-34-22-18-26(2)28(4)24-34/h9-18,21-24H,5-8,19-20H2,1-4H3/q+2. The lowest BCUT2D eigenvalue weighted by Crippen LogP contribution is -2.33. The Labute approximate surface area is 205 Å². The second-order valence-electron chi connectivity index (χ2n) is 9.70. The first-order chi connectivity index (χ1) is 16.5. The average molecular weight is 451 g/mol. The molecule has 0 aliphatic carbocycles. The van der Waals surface area contributed by atoms with E-state index >= 15 is 0 Å². The van der Waals surface area contributed by atoms with Gasteiger partial charge in [0.2, 0.25) is 0 Å². The van der Waals surface area contributed by atoms with E-state index in [-0.39, 0.29) is 0 Å². The molecule has 2 aromatic carbocycles. The quantitative estimate of drug-likeness (QED) is 0.260. The van der Waals surface area contributed by atoms with Gasteiger partial charge < -0.3 is 0 Å². The first kappa shape index (κ1) is 23.9. The molecule has 2 aromatic heterocycles. The molecule has 0 fully saturated rings. The van der Waals surface area contributed by atoms with Crippen LogP contribution in [0.1, 0.15) is 46.2 Å². The molecule has 0 atom stereocenters. The third-order valence-electron chi connectivity index (χ3n) is 7.00. The van der Waals surface area contributed by atoms with E-state index in [1.165, 1.54) is 44.5 Å². The summed E-state index contributed by atoms with van der Waals surface area (Å²) in [5, 5.41) is 0. The maximum absolute atomic E-state index is 2.30. The van der Waals surface area contributed by atoms with Gasteiger partial charge in [0, 0.05) is 36.1 Å². The molecule has 0 saturated carbocycles. The van der Waals surface area contributed by atoms with Crippen LogP contribution in [0.5, 0.6) is 0 Å². The van der Waals surface area contributed by atoms with Crippen molar-refractivity contribution in [1.29, 1.82) is 0 Å². The summed E-state index contributed by atoms with van der Waals surface area (Å²) in [6, 6.07) is 22.6. The summed E-state index contributed by atoms with van der Waals surface area (Å²) >= 11 is 0. The minimum atomic E-state index is 1.06. The molecule has 0 N–H and O–H groups in total. The van der Waals surface area contributed by atoms with Gasteiger partial charge in [-0.25, -0.2) is 9.13 Å². The number of pyridine rings is 2. The van der Waals surface area contributed by atoms with Crippen molar-refractivity contribution in [3.63, 3.8) is 0 Å². The molecular weight excluding hydrogens is 412 g/mol. The van der Waals surface area contributed by atoms with Crippen LogP contribution in [0.15, 0.2) is 85.5 Å². The molecular formula is C32H38N2+2. The fraction of sp³-hybridized carbons (Fsp3) is 0.312. The summed E-state index contributed by atoms with van der Waals surface area (Å²) in [7, 11) is 0. The van der Waals surface area contributed by atoms with Crippen LogP contribution in [0.4, 0.5) is 0 Å². The monoisotopic (exact) mass is 450 g/mol. The number of aryl methyl sites for hydroxylation is 8. The van der Waals surface area contributed by atoms with Crippen molar-refractivity contribution in [3.05, 3.63) is 119 Å². The molecule has 2 heterocycles. The minimum Gasteiger partial charge on any atom is -0.205 e. The first-order valence-corrected chi connectivity index (χ1v) is 12.6. The van der Waals surface area contributed by atoms with E-state index in [2.05, 4.69) is 122 Å². The van der Waals surface area contributed by atoms with E-state index in [9.17, 15) is 0 Å². The van der Waals surface area contributed by atoms with Gasteiger partial charge in [-0.15, -0.1) is 0 Å². The molecule has 0 bridgehead atoms. The summed E-state index contributed by atoms with van der Waals surface area (Å²) in [6.45, 7) is 10.8. The third kappa shape index (κ3) is 6.41. The van der Waals surface area contributed by atoms with Crippen LogP contribution in [0.2, 0.25) is 0 Å². The molecule has 0 amide bonds. The molecule has 0 saturated heterocycles. The first-order valence-electron chi connectivity index (χ1n) is 12.6. The molecule has 0 radical (unpaired) electrons. The number of hydrogen-bond acceptors (Lipinski definition) is 0. The van der Waals surface area contributed by atoms with Gasteiger partial charge in [-0.05, 0) is 73.9 Å². The van der Waals surface area contributed by atoms with E-state index in [1.807, 2.05) is 0 Å². The lowest BCUT2D eigenvalue weighted by atomic mass is 10.00.